The van der Waals surface area contributed by atoms with E-state index in [1.54, 1.807) is 0 Å². The molecule has 0 saturated carbocycles. The van der Waals surface area contributed by atoms with Gasteiger partial charge in [-0.1, -0.05) is 0 Å². The fourth-order valence-corrected chi connectivity index (χ4v) is 0.383. The van der Waals surface area contributed by atoms with Gasteiger partial charge < -0.3 is 5.73 Å². The van der Waals surface area contributed by atoms with E-state index in [4.69, 9.17) is 9.85 Å². The predicted octanol–water partition coefficient (Wildman–Crippen LogP) is 0.181. The Hall–Kier alpha value is -1.38. The SMILES string of the molecule is [2H]c1cc(C(N)=O)c([2H])nc1[2H]. The minimum Gasteiger partial charge on any atom is -0.366 e. The van der Waals surface area contributed by atoms with Crippen molar-refractivity contribution < 1.29 is 8.91 Å². The fraction of sp³-hybridized carbons (Fsp3) is 0. The van der Waals surface area contributed by atoms with E-state index < -0.39 is 5.91 Å². The van der Waals surface area contributed by atoms with Gasteiger partial charge in [0.25, 0.3) is 0 Å². The van der Waals surface area contributed by atoms with Crippen molar-refractivity contribution in [1.29, 1.82) is 0 Å². The molecule has 1 aromatic heterocycles. The molecule has 1 aromatic rings. The summed E-state index contributed by atoms with van der Waals surface area (Å²) in [6, 6.07) is 0.861. The van der Waals surface area contributed by atoms with Gasteiger partial charge in [-0.25, -0.2) is 0 Å². The average molecular weight is 125 g/mol. The summed E-state index contributed by atoms with van der Waals surface area (Å²) in [5, 5.41) is 0. The Kier molecular flexibility index (Phi) is 0.743. The van der Waals surface area contributed by atoms with Crippen LogP contribution in [-0.2, 0) is 0 Å². The molecule has 3 nitrogen and oxygen atoms in total. The van der Waals surface area contributed by atoms with Crippen LogP contribution < -0.4 is 5.73 Å². The predicted molar refractivity (Wildman–Crippen MR) is 32.8 cm³/mol. The van der Waals surface area contributed by atoms with Gasteiger partial charge in [-0.2, -0.15) is 0 Å². The molecular formula is C6H6N2O. The first-order chi connectivity index (χ1) is 5.52. The quantitative estimate of drug-likeness (QED) is 0.582. The zero-order valence-electron chi connectivity index (χ0n) is 7.51. The van der Waals surface area contributed by atoms with Crippen LogP contribution in [0.3, 0.4) is 0 Å². The second kappa shape index (κ2) is 2.26. The largest absolute Gasteiger partial charge is 0.366 e. The zero-order valence-corrected chi connectivity index (χ0v) is 4.51. The smallest absolute Gasteiger partial charge is 0.250 e. The first-order valence-electron chi connectivity index (χ1n) is 3.77. The third kappa shape index (κ3) is 1.25. The van der Waals surface area contributed by atoms with E-state index >= 15 is 0 Å². The van der Waals surface area contributed by atoms with Gasteiger partial charge >= 0.3 is 0 Å². The molecule has 0 radical (unpaired) electrons. The third-order valence-electron chi connectivity index (χ3n) is 0.779. The van der Waals surface area contributed by atoms with Crippen LogP contribution in [0.4, 0.5) is 0 Å². The van der Waals surface area contributed by atoms with Crippen molar-refractivity contribution in [2.45, 2.75) is 0 Å². The minimum atomic E-state index is -0.805. The van der Waals surface area contributed by atoms with Crippen LogP contribution in [0.25, 0.3) is 0 Å². The van der Waals surface area contributed by atoms with Crippen LogP contribution in [-0.4, -0.2) is 10.9 Å². The van der Waals surface area contributed by atoms with E-state index in [9.17, 15) is 4.79 Å². The summed E-state index contributed by atoms with van der Waals surface area (Å²) in [4.78, 5) is 13.9. The minimum absolute atomic E-state index is 0.129. The molecule has 0 aliphatic carbocycles. The number of rotatable bonds is 1. The second-order valence-electron chi connectivity index (χ2n) is 1.40. The highest BCUT2D eigenvalue weighted by Crippen LogP contribution is 1.91. The first kappa shape index (κ1) is 2.96. The number of nitrogens with two attached hydrogens (primary N) is 1. The highest BCUT2D eigenvalue weighted by atomic mass is 16.1. The Morgan fingerprint density at radius 2 is 2.67 bits per heavy atom. The molecule has 9 heavy (non-hydrogen) atoms. The van der Waals surface area contributed by atoms with Crippen LogP contribution in [0.5, 0.6) is 0 Å². The molecule has 1 heterocycles. The molecule has 0 unspecified atom stereocenters. The van der Waals surface area contributed by atoms with E-state index in [1.807, 2.05) is 0 Å². The highest BCUT2D eigenvalue weighted by Gasteiger charge is 1.94. The molecule has 3 heteroatoms. The summed E-state index contributed by atoms with van der Waals surface area (Å²) < 4.78 is 21.3. The van der Waals surface area contributed by atoms with Gasteiger partial charge in [-0.05, 0) is 12.1 Å². The molecule has 2 N–H and O–H groups in total. The van der Waals surface area contributed by atoms with Gasteiger partial charge in [0.15, 0.2) is 0 Å². The normalized spacial score (nSPS) is 13.6. The molecule has 0 aliphatic rings. The first-order valence-corrected chi connectivity index (χ1v) is 2.27. The molecule has 0 aliphatic heterocycles. The molecule has 0 spiro atoms. The molecular weight excluding hydrogens is 116 g/mol. The number of pyridine rings is 1. The fourth-order valence-electron chi connectivity index (χ4n) is 0.383. The number of carbonyl (C=O) groups excluding carboxylic acids is 1. The second-order valence-corrected chi connectivity index (χ2v) is 1.40. The van der Waals surface area contributed by atoms with E-state index in [2.05, 4.69) is 4.98 Å². The summed E-state index contributed by atoms with van der Waals surface area (Å²) >= 11 is 0. The average Bonchev–Trinajstić information content (AvgIpc) is 1.96. The Balaban J connectivity index is 3.33. The lowest BCUT2D eigenvalue weighted by Crippen LogP contribution is -2.10. The Morgan fingerprint density at radius 1 is 1.89 bits per heavy atom. The van der Waals surface area contributed by atoms with E-state index in [1.165, 1.54) is 0 Å². The monoisotopic (exact) mass is 125 g/mol. The Labute approximate surface area is 56.7 Å². The molecule has 0 aromatic carbocycles. The van der Waals surface area contributed by atoms with Crippen molar-refractivity contribution in [3.8, 4) is 0 Å². The maximum absolute atomic E-state index is 10.6. The number of amides is 1. The van der Waals surface area contributed by atoms with Crippen LogP contribution >= 0.6 is 0 Å². The van der Waals surface area contributed by atoms with Crippen molar-refractivity contribution in [3.05, 3.63) is 30.0 Å². The van der Waals surface area contributed by atoms with Gasteiger partial charge in [0.1, 0.15) is 0 Å². The topological polar surface area (TPSA) is 56.0 Å². The van der Waals surface area contributed by atoms with Crippen LogP contribution in [0, 0.1) is 0 Å². The number of nitrogens with zero attached hydrogens (tertiary/aromatic N) is 1. The summed E-state index contributed by atoms with van der Waals surface area (Å²) in [6.45, 7) is 0. The van der Waals surface area contributed by atoms with Crippen LogP contribution in [0.1, 0.15) is 14.5 Å². The number of primary amides is 1. The summed E-state index contributed by atoms with van der Waals surface area (Å²) in [5.74, 6) is -0.805. The summed E-state index contributed by atoms with van der Waals surface area (Å²) in [7, 11) is 0. The number of carbonyl (C=O) groups is 1. The van der Waals surface area contributed by atoms with Crippen LogP contribution in [0.2, 0.25) is 0 Å². The van der Waals surface area contributed by atoms with Crippen molar-refractivity contribution in [1.82, 2.24) is 4.98 Å². The van der Waals surface area contributed by atoms with Gasteiger partial charge in [-0.3, -0.25) is 9.78 Å². The summed E-state index contributed by atoms with van der Waals surface area (Å²) in [6.07, 6.45) is -0.687. The highest BCUT2D eigenvalue weighted by molar-refractivity contribution is 5.92. The Morgan fingerprint density at radius 3 is 3.33 bits per heavy atom. The molecule has 0 atom stereocenters. The van der Waals surface area contributed by atoms with Crippen molar-refractivity contribution in [3.63, 3.8) is 0 Å². The van der Waals surface area contributed by atoms with Gasteiger partial charge in [-0.15, -0.1) is 0 Å². The van der Waals surface area contributed by atoms with Gasteiger partial charge in [0, 0.05) is 12.3 Å². The molecule has 1 rings (SSSR count). The van der Waals surface area contributed by atoms with Gasteiger partial charge in [0.2, 0.25) is 5.91 Å². The standard InChI is InChI=1S/C6H6N2O/c7-6(9)5-2-1-3-8-4-5/h1-4H,(H2,7,9)/i1D,3D,4D. The van der Waals surface area contributed by atoms with E-state index in [-0.39, 0.29) is 24.0 Å². The van der Waals surface area contributed by atoms with E-state index in [0.717, 1.165) is 6.07 Å². The molecule has 46 valence electrons. The van der Waals surface area contributed by atoms with E-state index in [0.29, 0.717) is 0 Å². The Bertz CT molecular complexity index is 340. The third-order valence-corrected chi connectivity index (χ3v) is 0.779. The number of hydrogen-bond acceptors (Lipinski definition) is 2. The summed E-state index contributed by atoms with van der Waals surface area (Å²) in [5.41, 5.74) is 4.76. The molecule has 0 bridgehead atoms. The zero-order chi connectivity index (χ0) is 9.30. The van der Waals surface area contributed by atoms with Crippen molar-refractivity contribution in [2.75, 3.05) is 0 Å². The molecule has 0 fully saturated rings. The van der Waals surface area contributed by atoms with Crippen molar-refractivity contribution >= 4 is 5.91 Å². The number of aromatic nitrogens is 1. The van der Waals surface area contributed by atoms with Crippen LogP contribution in [0.15, 0.2) is 24.5 Å². The maximum Gasteiger partial charge on any atom is 0.250 e. The van der Waals surface area contributed by atoms with Crippen molar-refractivity contribution in [2.24, 2.45) is 5.73 Å². The lowest BCUT2D eigenvalue weighted by atomic mass is 10.3. The van der Waals surface area contributed by atoms with Gasteiger partial charge in [0.05, 0.1) is 9.68 Å². The lowest BCUT2D eigenvalue weighted by molar-refractivity contribution is 0.1000. The molecule has 1 amide bonds. The maximum atomic E-state index is 10.6. The molecule has 0 saturated heterocycles. The number of hydrogen-bond donors (Lipinski definition) is 1. The lowest BCUT2D eigenvalue weighted by Gasteiger charge is -1.88.